The predicted molar refractivity (Wildman–Crippen MR) is 91.2 cm³/mol. The Morgan fingerprint density at radius 1 is 1.17 bits per heavy atom. The molecule has 6 heteroatoms. The topological polar surface area (TPSA) is 71.3 Å². The Morgan fingerprint density at radius 3 is 2.42 bits per heavy atom. The van der Waals surface area contributed by atoms with Crippen molar-refractivity contribution in [2.24, 2.45) is 0 Å². The van der Waals surface area contributed by atoms with E-state index in [-0.39, 0.29) is 5.91 Å². The molecule has 2 rings (SSSR count). The first-order chi connectivity index (χ1) is 11.6. The van der Waals surface area contributed by atoms with E-state index < -0.39 is 6.10 Å². The highest BCUT2D eigenvalue weighted by atomic mass is 35.5. The lowest BCUT2D eigenvalue weighted by Gasteiger charge is -2.15. The molecule has 5 nitrogen and oxygen atoms in total. The summed E-state index contributed by atoms with van der Waals surface area (Å²) in [5, 5.41) is 12.1. The van der Waals surface area contributed by atoms with Crippen molar-refractivity contribution in [3.8, 4) is 17.6 Å². The molecule has 0 saturated carbocycles. The van der Waals surface area contributed by atoms with E-state index in [0.717, 1.165) is 0 Å². The minimum absolute atomic E-state index is 0.237. The molecule has 1 N–H and O–H groups in total. The predicted octanol–water partition coefficient (Wildman–Crippen LogP) is 3.17. The van der Waals surface area contributed by atoms with E-state index in [0.29, 0.717) is 35.2 Å². The Labute approximate surface area is 145 Å². The van der Waals surface area contributed by atoms with Crippen LogP contribution in [0.5, 0.6) is 11.5 Å². The lowest BCUT2D eigenvalue weighted by molar-refractivity contribution is -0.127. The first kappa shape index (κ1) is 17.6. The van der Waals surface area contributed by atoms with Crippen molar-refractivity contribution in [3.63, 3.8) is 0 Å². The van der Waals surface area contributed by atoms with E-state index in [1.807, 2.05) is 6.07 Å². The second-order valence-electron chi connectivity index (χ2n) is 4.99. The van der Waals surface area contributed by atoms with Crippen LogP contribution >= 0.6 is 11.6 Å². The monoisotopic (exact) mass is 344 g/mol. The number of carbonyl (C=O) groups is 1. The molecule has 1 unspecified atom stereocenters. The summed E-state index contributed by atoms with van der Waals surface area (Å²) in [5.41, 5.74) is 0.541. The van der Waals surface area contributed by atoms with Gasteiger partial charge in [-0.3, -0.25) is 4.79 Å². The third-order valence-electron chi connectivity index (χ3n) is 3.15. The SMILES string of the molecule is CC(Oc1ccc(C#N)cc1)C(=O)NCCOc1ccc(Cl)cc1. The van der Waals surface area contributed by atoms with Gasteiger partial charge in [0, 0.05) is 5.02 Å². The van der Waals surface area contributed by atoms with Crippen molar-refractivity contribution in [3.05, 3.63) is 59.1 Å². The maximum Gasteiger partial charge on any atom is 0.260 e. The highest BCUT2D eigenvalue weighted by Gasteiger charge is 2.14. The summed E-state index contributed by atoms with van der Waals surface area (Å²) in [4.78, 5) is 12.0. The fourth-order valence-electron chi connectivity index (χ4n) is 1.88. The van der Waals surface area contributed by atoms with Crippen molar-refractivity contribution in [1.82, 2.24) is 5.32 Å². The number of hydrogen-bond donors (Lipinski definition) is 1. The second kappa shape index (κ2) is 8.80. The molecule has 0 aliphatic carbocycles. The number of nitrogens with zero attached hydrogens (tertiary/aromatic N) is 1. The molecule has 0 spiro atoms. The van der Waals surface area contributed by atoms with Crippen molar-refractivity contribution in [1.29, 1.82) is 5.26 Å². The Hall–Kier alpha value is -2.71. The van der Waals surface area contributed by atoms with Crippen LogP contribution in [-0.2, 0) is 4.79 Å². The largest absolute Gasteiger partial charge is 0.492 e. The van der Waals surface area contributed by atoms with Crippen molar-refractivity contribution < 1.29 is 14.3 Å². The van der Waals surface area contributed by atoms with Gasteiger partial charge in [-0.25, -0.2) is 0 Å². The van der Waals surface area contributed by atoms with Crippen LogP contribution in [0.3, 0.4) is 0 Å². The van der Waals surface area contributed by atoms with Crippen molar-refractivity contribution in [2.75, 3.05) is 13.2 Å². The first-order valence-electron chi connectivity index (χ1n) is 7.41. The lowest BCUT2D eigenvalue weighted by Crippen LogP contribution is -2.38. The van der Waals surface area contributed by atoms with Crippen LogP contribution in [0.2, 0.25) is 5.02 Å². The minimum Gasteiger partial charge on any atom is -0.492 e. The fourth-order valence-corrected chi connectivity index (χ4v) is 2.01. The Bertz CT molecular complexity index is 709. The number of benzene rings is 2. The molecule has 1 amide bonds. The number of amides is 1. The van der Waals surface area contributed by atoms with Gasteiger partial charge in [0.2, 0.25) is 0 Å². The van der Waals surface area contributed by atoms with Crippen LogP contribution in [0, 0.1) is 11.3 Å². The number of nitriles is 1. The van der Waals surface area contributed by atoms with Gasteiger partial charge in [0.15, 0.2) is 6.10 Å². The first-order valence-corrected chi connectivity index (χ1v) is 7.79. The normalized spacial score (nSPS) is 11.2. The van der Waals surface area contributed by atoms with Crippen LogP contribution in [0.25, 0.3) is 0 Å². The van der Waals surface area contributed by atoms with E-state index in [2.05, 4.69) is 5.32 Å². The molecule has 1 atom stereocenters. The molecule has 0 aromatic heterocycles. The zero-order valence-electron chi connectivity index (χ0n) is 13.2. The molecule has 0 heterocycles. The van der Waals surface area contributed by atoms with Crippen LogP contribution in [-0.4, -0.2) is 25.2 Å². The molecule has 0 saturated heterocycles. The molecule has 0 bridgehead atoms. The number of halogens is 1. The van der Waals surface area contributed by atoms with Crippen LogP contribution in [0.1, 0.15) is 12.5 Å². The zero-order chi connectivity index (χ0) is 17.4. The molecule has 124 valence electrons. The van der Waals surface area contributed by atoms with Crippen LogP contribution < -0.4 is 14.8 Å². The molecule has 2 aromatic carbocycles. The van der Waals surface area contributed by atoms with Gasteiger partial charge in [-0.05, 0) is 55.5 Å². The quantitative estimate of drug-likeness (QED) is 0.783. The average molecular weight is 345 g/mol. The van der Waals surface area contributed by atoms with Gasteiger partial charge >= 0.3 is 0 Å². The zero-order valence-corrected chi connectivity index (χ0v) is 13.9. The summed E-state index contributed by atoms with van der Waals surface area (Å²) in [7, 11) is 0. The molecule has 0 fully saturated rings. The van der Waals surface area contributed by atoms with Gasteiger partial charge in [-0.2, -0.15) is 5.26 Å². The molecule has 2 aromatic rings. The highest BCUT2D eigenvalue weighted by Crippen LogP contribution is 2.15. The Kier molecular flexibility index (Phi) is 6.47. The van der Waals surface area contributed by atoms with Gasteiger partial charge in [-0.15, -0.1) is 0 Å². The summed E-state index contributed by atoms with van der Waals surface area (Å²) in [6, 6.07) is 15.6. The minimum atomic E-state index is -0.645. The molecule has 0 aliphatic rings. The van der Waals surface area contributed by atoms with Crippen molar-refractivity contribution in [2.45, 2.75) is 13.0 Å². The van der Waals surface area contributed by atoms with E-state index >= 15 is 0 Å². The molecule has 0 aliphatic heterocycles. The van der Waals surface area contributed by atoms with Gasteiger partial charge in [-0.1, -0.05) is 11.6 Å². The lowest BCUT2D eigenvalue weighted by atomic mass is 10.2. The van der Waals surface area contributed by atoms with E-state index in [4.69, 9.17) is 26.3 Å². The van der Waals surface area contributed by atoms with Gasteiger partial charge < -0.3 is 14.8 Å². The number of carbonyl (C=O) groups excluding carboxylic acids is 1. The molecular formula is C18H17ClN2O3. The molecule has 0 radical (unpaired) electrons. The average Bonchev–Trinajstić information content (AvgIpc) is 2.60. The third kappa shape index (κ3) is 5.49. The Morgan fingerprint density at radius 2 is 1.79 bits per heavy atom. The van der Waals surface area contributed by atoms with Gasteiger partial charge in [0.25, 0.3) is 5.91 Å². The summed E-state index contributed by atoms with van der Waals surface area (Å²) in [6.45, 7) is 2.37. The van der Waals surface area contributed by atoms with E-state index in [1.54, 1.807) is 55.5 Å². The maximum absolute atomic E-state index is 12.0. The van der Waals surface area contributed by atoms with Crippen molar-refractivity contribution >= 4 is 17.5 Å². The number of ether oxygens (including phenoxy) is 2. The maximum atomic E-state index is 12.0. The number of rotatable bonds is 7. The smallest absolute Gasteiger partial charge is 0.260 e. The standard InChI is InChI=1S/C18H17ClN2O3/c1-13(24-17-6-2-14(12-20)3-7-17)18(22)21-10-11-23-16-8-4-15(19)5-9-16/h2-9,13H,10-11H2,1H3,(H,21,22). The Balaban J connectivity index is 1.71. The second-order valence-corrected chi connectivity index (χ2v) is 5.43. The summed E-state index contributed by atoms with van der Waals surface area (Å²) in [6.07, 6.45) is -0.645. The molecular weight excluding hydrogens is 328 g/mol. The fraction of sp³-hybridized carbons (Fsp3) is 0.222. The summed E-state index contributed by atoms with van der Waals surface area (Å²) >= 11 is 5.79. The third-order valence-corrected chi connectivity index (χ3v) is 3.40. The van der Waals surface area contributed by atoms with Gasteiger partial charge in [0.05, 0.1) is 18.2 Å². The number of nitrogens with one attached hydrogen (secondary N) is 1. The summed E-state index contributed by atoms with van der Waals surface area (Å²) < 4.78 is 11.0. The summed E-state index contributed by atoms with van der Waals surface area (Å²) in [5.74, 6) is 0.990. The van der Waals surface area contributed by atoms with E-state index in [9.17, 15) is 4.79 Å². The van der Waals surface area contributed by atoms with E-state index in [1.165, 1.54) is 0 Å². The molecule has 24 heavy (non-hydrogen) atoms. The number of hydrogen-bond acceptors (Lipinski definition) is 4. The highest BCUT2D eigenvalue weighted by molar-refractivity contribution is 6.30. The van der Waals surface area contributed by atoms with Crippen LogP contribution in [0.15, 0.2) is 48.5 Å². The van der Waals surface area contributed by atoms with Gasteiger partial charge in [0.1, 0.15) is 18.1 Å². The van der Waals surface area contributed by atoms with Crippen LogP contribution in [0.4, 0.5) is 0 Å².